The second kappa shape index (κ2) is 8.99. The Labute approximate surface area is 192 Å². The predicted molar refractivity (Wildman–Crippen MR) is 127 cm³/mol. The van der Waals surface area contributed by atoms with Gasteiger partial charge in [0.1, 0.15) is 0 Å². The van der Waals surface area contributed by atoms with Crippen molar-refractivity contribution in [2.45, 2.75) is 63.1 Å². The van der Waals surface area contributed by atoms with Gasteiger partial charge in [-0.25, -0.2) is 0 Å². The van der Waals surface area contributed by atoms with E-state index in [2.05, 4.69) is 47.5 Å². The van der Waals surface area contributed by atoms with Gasteiger partial charge < -0.3 is 10.4 Å². The number of carbonyl (C=O) groups excluding carboxylic acids is 1. The number of nitrogens with one attached hydrogen (secondary N) is 1. The first-order chi connectivity index (χ1) is 15.6. The van der Waals surface area contributed by atoms with Crippen molar-refractivity contribution in [2.75, 3.05) is 13.1 Å². The van der Waals surface area contributed by atoms with E-state index in [-0.39, 0.29) is 17.9 Å². The molecule has 0 aromatic heterocycles. The summed E-state index contributed by atoms with van der Waals surface area (Å²) in [6, 6.07) is 20.9. The Morgan fingerprint density at radius 2 is 1.50 bits per heavy atom. The van der Waals surface area contributed by atoms with E-state index in [1.165, 1.54) is 18.4 Å². The van der Waals surface area contributed by atoms with Gasteiger partial charge in [0, 0.05) is 31.1 Å². The second-order valence-electron chi connectivity index (χ2n) is 10.2. The molecule has 5 atom stereocenters. The Balaban J connectivity index is 1.27. The van der Waals surface area contributed by atoms with Crippen LogP contribution in [0.5, 0.6) is 0 Å². The van der Waals surface area contributed by atoms with Gasteiger partial charge in [-0.1, -0.05) is 86.3 Å². The number of aliphatic hydroxyl groups is 1. The van der Waals surface area contributed by atoms with Crippen molar-refractivity contribution in [3.8, 4) is 0 Å². The van der Waals surface area contributed by atoms with Crippen LogP contribution in [-0.4, -0.2) is 35.0 Å². The highest BCUT2D eigenvalue weighted by atomic mass is 16.3. The summed E-state index contributed by atoms with van der Waals surface area (Å²) in [4.78, 5) is 16.2. The van der Waals surface area contributed by atoms with Gasteiger partial charge in [-0.05, 0) is 42.7 Å². The van der Waals surface area contributed by atoms with Gasteiger partial charge in [-0.15, -0.1) is 0 Å². The number of carbonyl (C=O) groups is 1. The maximum absolute atomic E-state index is 13.6. The van der Waals surface area contributed by atoms with Crippen LogP contribution in [0, 0.1) is 17.8 Å². The van der Waals surface area contributed by atoms with E-state index in [1.54, 1.807) is 0 Å². The lowest BCUT2D eigenvalue weighted by Gasteiger charge is -2.35. The van der Waals surface area contributed by atoms with Crippen molar-refractivity contribution in [1.82, 2.24) is 10.2 Å². The van der Waals surface area contributed by atoms with Gasteiger partial charge in [0.2, 0.25) is 0 Å². The maximum Gasteiger partial charge on any atom is 0.257 e. The molecule has 2 aliphatic carbocycles. The van der Waals surface area contributed by atoms with Crippen LogP contribution >= 0.6 is 0 Å². The topological polar surface area (TPSA) is 52.6 Å². The SMILES string of the molecule is CC(c1ccccc1)N1CC2C(NC(=O)C(O)(c3ccccc3)C3CCCCCC3)[C@H]2C1. The highest BCUT2D eigenvalue weighted by Crippen LogP contribution is 2.49. The summed E-state index contributed by atoms with van der Waals surface area (Å²) in [6.45, 7) is 4.30. The average Bonchev–Trinajstić information content (AvgIpc) is 3.40. The molecule has 2 N–H and O–H groups in total. The summed E-state index contributed by atoms with van der Waals surface area (Å²) >= 11 is 0. The van der Waals surface area contributed by atoms with E-state index in [0.29, 0.717) is 17.9 Å². The summed E-state index contributed by atoms with van der Waals surface area (Å²) in [5.74, 6) is 0.803. The molecule has 1 heterocycles. The lowest BCUT2D eigenvalue weighted by molar-refractivity contribution is -0.148. The van der Waals surface area contributed by atoms with Gasteiger partial charge in [-0.3, -0.25) is 9.69 Å². The summed E-state index contributed by atoms with van der Waals surface area (Å²) in [6.07, 6.45) is 6.41. The monoisotopic (exact) mass is 432 g/mol. The summed E-state index contributed by atoms with van der Waals surface area (Å²) in [7, 11) is 0. The third-order valence-corrected chi connectivity index (χ3v) is 8.36. The van der Waals surface area contributed by atoms with Crippen molar-refractivity contribution in [3.05, 3.63) is 71.8 Å². The zero-order valence-electron chi connectivity index (χ0n) is 19.1. The van der Waals surface area contributed by atoms with Gasteiger partial charge in [0.25, 0.3) is 5.91 Å². The number of amides is 1. The smallest absolute Gasteiger partial charge is 0.257 e. The summed E-state index contributed by atoms with van der Waals surface area (Å²) in [5, 5.41) is 15.2. The molecule has 1 amide bonds. The van der Waals surface area contributed by atoms with Crippen molar-refractivity contribution in [1.29, 1.82) is 0 Å². The van der Waals surface area contributed by atoms with Gasteiger partial charge in [-0.2, -0.15) is 0 Å². The van der Waals surface area contributed by atoms with Crippen LogP contribution in [0.15, 0.2) is 60.7 Å². The van der Waals surface area contributed by atoms with Crippen LogP contribution < -0.4 is 5.32 Å². The Morgan fingerprint density at radius 1 is 0.938 bits per heavy atom. The molecule has 0 radical (unpaired) electrons. The summed E-state index contributed by atoms with van der Waals surface area (Å²) in [5.41, 5.74) is 0.662. The number of nitrogens with zero attached hydrogens (tertiary/aromatic N) is 1. The van der Waals surface area contributed by atoms with Crippen molar-refractivity contribution < 1.29 is 9.90 Å². The zero-order valence-corrected chi connectivity index (χ0v) is 19.1. The predicted octanol–water partition coefficient (Wildman–Crippen LogP) is 4.65. The molecular formula is C28H36N2O2. The van der Waals surface area contributed by atoms with Crippen molar-refractivity contribution >= 4 is 5.91 Å². The molecule has 4 heteroatoms. The Kier molecular flexibility index (Phi) is 6.09. The highest BCUT2D eigenvalue weighted by molar-refractivity contribution is 5.87. The molecule has 3 aliphatic rings. The summed E-state index contributed by atoms with van der Waals surface area (Å²) < 4.78 is 0. The molecule has 0 spiro atoms. The van der Waals surface area contributed by atoms with E-state index < -0.39 is 5.60 Å². The molecule has 3 fully saturated rings. The Morgan fingerprint density at radius 3 is 2.09 bits per heavy atom. The lowest BCUT2D eigenvalue weighted by atomic mass is 9.76. The van der Waals surface area contributed by atoms with Crippen molar-refractivity contribution in [2.24, 2.45) is 17.8 Å². The minimum Gasteiger partial charge on any atom is -0.375 e. The standard InChI is InChI=1S/C28H36N2O2/c1-20(21-12-6-4-7-13-21)30-18-24-25(19-30)26(24)29-27(31)28(32,23-16-10-5-11-17-23)22-14-8-2-3-9-15-22/h4-7,10-13,16-17,20,22,24-26,32H,2-3,8-9,14-15,18-19H2,1H3,(H,29,31)/t20?,24-,25?,26?,28?/m0/s1. The van der Waals surface area contributed by atoms with Crippen LogP contribution in [0.25, 0.3) is 0 Å². The van der Waals surface area contributed by atoms with E-state index in [0.717, 1.165) is 44.3 Å². The molecule has 4 unspecified atom stereocenters. The number of fused-ring (bicyclic) bond motifs is 1. The fourth-order valence-corrected chi connectivity index (χ4v) is 6.23. The van der Waals surface area contributed by atoms with E-state index in [9.17, 15) is 9.90 Å². The number of likely N-dealkylation sites (tertiary alicyclic amines) is 1. The molecular weight excluding hydrogens is 396 g/mol. The Hall–Kier alpha value is -2.17. The molecule has 1 saturated heterocycles. The molecule has 170 valence electrons. The average molecular weight is 433 g/mol. The molecule has 1 aliphatic heterocycles. The number of rotatable bonds is 6. The van der Waals surface area contributed by atoms with Crippen LogP contribution in [0.2, 0.25) is 0 Å². The van der Waals surface area contributed by atoms with Gasteiger partial charge in [0.05, 0.1) is 0 Å². The molecule has 2 aromatic rings. The molecule has 32 heavy (non-hydrogen) atoms. The van der Waals surface area contributed by atoms with Crippen LogP contribution in [-0.2, 0) is 10.4 Å². The third kappa shape index (κ3) is 3.99. The zero-order chi connectivity index (χ0) is 22.1. The quantitative estimate of drug-likeness (QED) is 0.653. The van der Waals surface area contributed by atoms with E-state index in [4.69, 9.17) is 0 Å². The van der Waals surface area contributed by atoms with Gasteiger partial charge >= 0.3 is 0 Å². The largest absolute Gasteiger partial charge is 0.375 e. The molecule has 4 nitrogen and oxygen atoms in total. The van der Waals surface area contributed by atoms with E-state index >= 15 is 0 Å². The Bertz CT molecular complexity index is 898. The third-order valence-electron chi connectivity index (χ3n) is 8.36. The molecule has 2 saturated carbocycles. The first kappa shape index (κ1) is 21.7. The maximum atomic E-state index is 13.6. The number of hydrogen-bond acceptors (Lipinski definition) is 3. The van der Waals surface area contributed by atoms with E-state index in [1.807, 2.05) is 30.3 Å². The second-order valence-corrected chi connectivity index (χ2v) is 10.2. The molecule has 0 bridgehead atoms. The highest BCUT2D eigenvalue weighted by Gasteiger charge is 2.58. The van der Waals surface area contributed by atoms with Crippen LogP contribution in [0.1, 0.15) is 62.6 Å². The number of benzene rings is 2. The fourth-order valence-electron chi connectivity index (χ4n) is 6.23. The molecule has 5 rings (SSSR count). The lowest BCUT2D eigenvalue weighted by Crippen LogP contribution is -2.51. The number of piperidine rings is 1. The van der Waals surface area contributed by atoms with Crippen LogP contribution in [0.4, 0.5) is 0 Å². The first-order valence-electron chi connectivity index (χ1n) is 12.5. The minimum absolute atomic E-state index is 0.0133. The molecule has 2 aromatic carbocycles. The van der Waals surface area contributed by atoms with Crippen LogP contribution in [0.3, 0.4) is 0 Å². The van der Waals surface area contributed by atoms with Gasteiger partial charge in [0.15, 0.2) is 5.60 Å². The fraction of sp³-hybridized carbons (Fsp3) is 0.536. The normalized spacial score (nSPS) is 28.9. The minimum atomic E-state index is -1.43. The first-order valence-corrected chi connectivity index (χ1v) is 12.5. The number of hydrogen-bond donors (Lipinski definition) is 2. The van der Waals surface area contributed by atoms with Crippen molar-refractivity contribution in [3.63, 3.8) is 0 Å².